The molecule has 0 fully saturated rings. The topological polar surface area (TPSA) is 177 Å². The molecule has 4 amide bonds. The molecule has 0 aliphatic carbocycles. The van der Waals surface area contributed by atoms with Crippen molar-refractivity contribution in [2.24, 2.45) is 5.73 Å². The number of nitrogens with one attached hydrogen (secondary N) is 3. The van der Waals surface area contributed by atoms with Crippen LogP contribution in [0.4, 0.5) is 0 Å². The molecule has 2 atom stereocenters. The highest BCUT2D eigenvalue weighted by Crippen LogP contribution is 2.11. The Bertz CT molecular complexity index is 1060. The highest BCUT2D eigenvalue weighted by molar-refractivity contribution is 5.92. The van der Waals surface area contributed by atoms with E-state index >= 15 is 0 Å². The quantitative estimate of drug-likeness (QED) is 0.235. The molecule has 0 radical (unpaired) electrons. The fraction of sp³-hybridized carbons (Fsp3) is 0.320. The first kappa shape index (κ1) is 27.8. The number of rotatable bonds is 13. The van der Waals surface area contributed by atoms with Crippen LogP contribution in [0.2, 0.25) is 0 Å². The molecule has 0 heterocycles. The predicted molar refractivity (Wildman–Crippen MR) is 129 cm³/mol. The molecule has 2 aromatic carbocycles. The standard InChI is InChI=1S/C25H30N4O7/c1-36-23(33)12-11-21(31)29-20(14-16-5-3-2-4-6-16)25(35)27-15-22(32)28-19(24(26)34)13-17-7-9-18(30)10-8-17/h2-10,19-20,30H,11-15H2,1H3,(H2,26,34)(H,27,35)(H,28,32)(H,29,31)/t19-,20-/m0/s1. The molecule has 2 aromatic rings. The van der Waals surface area contributed by atoms with Gasteiger partial charge in [0.15, 0.2) is 0 Å². The summed E-state index contributed by atoms with van der Waals surface area (Å²) in [6.45, 7) is -0.457. The summed E-state index contributed by atoms with van der Waals surface area (Å²) in [5, 5.41) is 16.9. The van der Waals surface area contributed by atoms with E-state index in [9.17, 15) is 29.1 Å². The van der Waals surface area contributed by atoms with E-state index in [4.69, 9.17) is 5.73 Å². The van der Waals surface area contributed by atoms with Crippen LogP contribution < -0.4 is 21.7 Å². The first-order valence-corrected chi connectivity index (χ1v) is 11.2. The van der Waals surface area contributed by atoms with Crippen molar-refractivity contribution in [1.82, 2.24) is 16.0 Å². The molecule has 11 heteroatoms. The number of primary amides is 1. The first-order valence-electron chi connectivity index (χ1n) is 11.2. The van der Waals surface area contributed by atoms with Crippen molar-refractivity contribution in [2.45, 2.75) is 37.8 Å². The number of phenolic OH excluding ortho intramolecular Hbond substituents is 1. The second-order valence-corrected chi connectivity index (χ2v) is 8.00. The number of ether oxygens (including phenoxy) is 1. The molecular weight excluding hydrogens is 468 g/mol. The highest BCUT2D eigenvalue weighted by atomic mass is 16.5. The average Bonchev–Trinajstić information content (AvgIpc) is 2.86. The monoisotopic (exact) mass is 498 g/mol. The maximum Gasteiger partial charge on any atom is 0.306 e. The summed E-state index contributed by atoms with van der Waals surface area (Å²) in [6.07, 6.45) is -0.0472. The van der Waals surface area contributed by atoms with Gasteiger partial charge in [-0.05, 0) is 23.3 Å². The zero-order valence-corrected chi connectivity index (χ0v) is 19.9. The summed E-state index contributed by atoms with van der Waals surface area (Å²) in [7, 11) is 1.21. The highest BCUT2D eigenvalue weighted by Gasteiger charge is 2.24. The fourth-order valence-electron chi connectivity index (χ4n) is 3.27. The number of carbonyl (C=O) groups is 5. The van der Waals surface area contributed by atoms with E-state index in [0.717, 1.165) is 5.56 Å². The second kappa shape index (κ2) is 14.1. The number of amides is 4. The molecule has 6 N–H and O–H groups in total. The molecule has 192 valence electrons. The molecule has 11 nitrogen and oxygen atoms in total. The SMILES string of the molecule is COC(=O)CCC(=O)N[C@@H](Cc1ccccc1)C(=O)NCC(=O)N[C@@H](Cc1ccc(O)cc1)C(N)=O. The third-order valence-electron chi connectivity index (χ3n) is 5.20. The van der Waals surface area contributed by atoms with Gasteiger partial charge in [0, 0.05) is 19.3 Å². The second-order valence-electron chi connectivity index (χ2n) is 8.00. The van der Waals surface area contributed by atoms with Gasteiger partial charge in [0.1, 0.15) is 17.8 Å². The van der Waals surface area contributed by atoms with Crippen LogP contribution in [0, 0.1) is 0 Å². The summed E-state index contributed by atoms with van der Waals surface area (Å²) in [5.74, 6) is -3.05. The van der Waals surface area contributed by atoms with E-state index in [1.807, 2.05) is 6.07 Å². The minimum atomic E-state index is -1.03. The van der Waals surface area contributed by atoms with Gasteiger partial charge in [0.2, 0.25) is 23.6 Å². The number of hydrogen-bond donors (Lipinski definition) is 5. The number of aromatic hydroxyl groups is 1. The zero-order chi connectivity index (χ0) is 26.5. The van der Waals surface area contributed by atoms with E-state index in [2.05, 4.69) is 20.7 Å². The van der Waals surface area contributed by atoms with Crippen molar-refractivity contribution in [1.29, 1.82) is 0 Å². The zero-order valence-electron chi connectivity index (χ0n) is 19.9. The molecular formula is C25H30N4O7. The number of benzene rings is 2. The molecule has 2 rings (SSSR count). The van der Waals surface area contributed by atoms with Crippen molar-refractivity contribution in [3.63, 3.8) is 0 Å². The summed E-state index contributed by atoms with van der Waals surface area (Å²) < 4.78 is 4.52. The van der Waals surface area contributed by atoms with Crippen LogP contribution in [0.15, 0.2) is 54.6 Å². The number of carbonyl (C=O) groups excluding carboxylic acids is 5. The number of nitrogens with two attached hydrogens (primary N) is 1. The van der Waals surface area contributed by atoms with Crippen LogP contribution in [0.1, 0.15) is 24.0 Å². The maximum atomic E-state index is 12.8. The Kier molecular flexibility index (Phi) is 10.9. The normalized spacial score (nSPS) is 12.0. The third kappa shape index (κ3) is 9.84. The van der Waals surface area contributed by atoms with Gasteiger partial charge < -0.3 is 31.5 Å². The number of esters is 1. The number of phenols is 1. The van der Waals surface area contributed by atoms with Gasteiger partial charge in [-0.25, -0.2) is 0 Å². The van der Waals surface area contributed by atoms with Gasteiger partial charge in [0.25, 0.3) is 0 Å². The van der Waals surface area contributed by atoms with Gasteiger partial charge >= 0.3 is 5.97 Å². The molecule has 36 heavy (non-hydrogen) atoms. The summed E-state index contributed by atoms with van der Waals surface area (Å²) in [4.78, 5) is 60.6. The third-order valence-corrected chi connectivity index (χ3v) is 5.20. The maximum absolute atomic E-state index is 12.8. The Morgan fingerprint density at radius 2 is 1.42 bits per heavy atom. The van der Waals surface area contributed by atoms with Gasteiger partial charge in [-0.3, -0.25) is 24.0 Å². The molecule has 0 aliphatic rings. The van der Waals surface area contributed by atoms with Gasteiger partial charge in [-0.2, -0.15) is 0 Å². The van der Waals surface area contributed by atoms with Crippen molar-refractivity contribution in [3.05, 3.63) is 65.7 Å². The molecule has 0 aromatic heterocycles. The van der Waals surface area contributed by atoms with Gasteiger partial charge in [-0.15, -0.1) is 0 Å². The van der Waals surface area contributed by atoms with Crippen LogP contribution >= 0.6 is 0 Å². The van der Waals surface area contributed by atoms with Crippen LogP contribution in [-0.2, 0) is 41.6 Å². The Morgan fingerprint density at radius 3 is 2.03 bits per heavy atom. The van der Waals surface area contributed by atoms with Crippen molar-refractivity contribution < 1.29 is 33.8 Å². The van der Waals surface area contributed by atoms with E-state index in [1.54, 1.807) is 36.4 Å². The van der Waals surface area contributed by atoms with Gasteiger partial charge in [-0.1, -0.05) is 42.5 Å². The lowest BCUT2D eigenvalue weighted by Crippen LogP contribution is -2.52. The lowest BCUT2D eigenvalue weighted by Gasteiger charge is -2.20. The van der Waals surface area contributed by atoms with E-state index in [1.165, 1.54) is 19.2 Å². The summed E-state index contributed by atoms with van der Waals surface area (Å²) in [6, 6.07) is 13.0. The smallest absolute Gasteiger partial charge is 0.306 e. The van der Waals surface area contributed by atoms with Crippen LogP contribution in [0.25, 0.3) is 0 Å². The summed E-state index contributed by atoms with van der Waals surface area (Å²) >= 11 is 0. The molecule has 0 saturated heterocycles. The first-order chi connectivity index (χ1) is 17.2. The Balaban J connectivity index is 1.97. The summed E-state index contributed by atoms with van der Waals surface area (Å²) in [5.41, 5.74) is 6.84. The van der Waals surface area contributed by atoms with Crippen LogP contribution in [0.3, 0.4) is 0 Å². The number of hydrogen-bond acceptors (Lipinski definition) is 7. The largest absolute Gasteiger partial charge is 0.508 e. The molecule has 0 bridgehead atoms. The van der Waals surface area contributed by atoms with Crippen molar-refractivity contribution >= 4 is 29.6 Å². The van der Waals surface area contributed by atoms with Crippen LogP contribution in [-0.4, -0.2) is 60.4 Å². The average molecular weight is 499 g/mol. The van der Waals surface area contributed by atoms with Crippen molar-refractivity contribution in [2.75, 3.05) is 13.7 Å². The van der Waals surface area contributed by atoms with Gasteiger partial charge in [0.05, 0.1) is 20.1 Å². The lowest BCUT2D eigenvalue weighted by atomic mass is 10.0. The van der Waals surface area contributed by atoms with E-state index in [0.29, 0.717) is 5.56 Å². The Morgan fingerprint density at radius 1 is 0.833 bits per heavy atom. The van der Waals surface area contributed by atoms with Crippen LogP contribution in [0.5, 0.6) is 5.75 Å². The van der Waals surface area contributed by atoms with Crippen molar-refractivity contribution in [3.8, 4) is 5.75 Å². The molecule has 0 unspecified atom stereocenters. The lowest BCUT2D eigenvalue weighted by molar-refractivity contribution is -0.142. The fourth-order valence-corrected chi connectivity index (χ4v) is 3.27. The molecule has 0 aliphatic heterocycles. The Hall–Kier alpha value is -4.41. The van der Waals surface area contributed by atoms with E-state index < -0.39 is 48.2 Å². The predicted octanol–water partition coefficient (Wildman–Crippen LogP) is -0.298. The molecule has 0 spiro atoms. The minimum Gasteiger partial charge on any atom is -0.508 e. The Labute approximate surface area is 208 Å². The van der Waals surface area contributed by atoms with E-state index in [-0.39, 0.29) is 31.4 Å². The molecule has 0 saturated carbocycles. The number of methoxy groups -OCH3 is 1. The minimum absolute atomic E-state index is 0.0589.